The van der Waals surface area contributed by atoms with Crippen molar-refractivity contribution in [3.05, 3.63) is 0 Å². The van der Waals surface area contributed by atoms with Crippen molar-refractivity contribution in [2.75, 3.05) is 18.8 Å². The predicted molar refractivity (Wildman–Crippen MR) is 72.5 cm³/mol. The van der Waals surface area contributed by atoms with Gasteiger partial charge in [-0.15, -0.1) is 0 Å². The summed E-state index contributed by atoms with van der Waals surface area (Å²) in [5.41, 5.74) is 0. The van der Waals surface area contributed by atoms with Crippen LogP contribution in [0.1, 0.15) is 32.6 Å². The van der Waals surface area contributed by atoms with Crippen LogP contribution in [0, 0.1) is 0 Å². The number of rotatable bonds is 1. The molecule has 0 aromatic carbocycles. The molecule has 0 saturated carbocycles. The number of nitrogens with zero attached hydrogens (tertiary/aromatic N) is 2. The molecule has 1 atom stereocenters. The maximum atomic E-state index is 12.1. The zero-order valence-corrected chi connectivity index (χ0v) is 11.5. The Hall–Kier alpha value is -1.04. The molecule has 2 heterocycles. The normalized spacial score (nSPS) is 23.7. The highest BCUT2D eigenvalue weighted by Crippen LogP contribution is 2.19. The quantitative estimate of drug-likeness (QED) is 0.722. The molecule has 5 nitrogen and oxygen atoms in total. The van der Waals surface area contributed by atoms with E-state index in [0.717, 1.165) is 38.0 Å². The number of thioether (sulfide) groups is 1. The highest BCUT2D eigenvalue weighted by molar-refractivity contribution is 8.14. The lowest BCUT2D eigenvalue weighted by atomic mass is 10.00. The van der Waals surface area contributed by atoms with Crippen LogP contribution >= 0.6 is 11.8 Å². The smallest absolute Gasteiger partial charge is 0.315 e. The number of amides is 2. The molecule has 18 heavy (non-hydrogen) atoms. The lowest BCUT2D eigenvalue weighted by molar-refractivity contribution is -0.147. The zero-order valence-electron chi connectivity index (χ0n) is 10.6. The Bertz CT molecular complexity index is 370. The maximum Gasteiger partial charge on any atom is 0.315 e. The van der Waals surface area contributed by atoms with E-state index in [1.54, 1.807) is 4.90 Å². The maximum absolute atomic E-state index is 12.1. The average Bonchev–Trinajstić information content (AvgIpc) is 2.90. The number of aliphatic imine (C=N–C) groups is 1. The predicted octanol–water partition coefficient (Wildman–Crippen LogP) is 0.997. The molecule has 2 aliphatic heterocycles. The van der Waals surface area contributed by atoms with Crippen molar-refractivity contribution >= 4 is 28.7 Å². The Morgan fingerprint density at radius 2 is 2.33 bits per heavy atom. The highest BCUT2D eigenvalue weighted by Gasteiger charge is 2.30. The number of likely N-dealkylation sites (tertiary alicyclic amines) is 1. The largest absolute Gasteiger partial charge is 0.331 e. The van der Waals surface area contributed by atoms with E-state index in [0.29, 0.717) is 11.7 Å². The minimum absolute atomic E-state index is 0.218. The van der Waals surface area contributed by atoms with Crippen LogP contribution < -0.4 is 5.32 Å². The van der Waals surface area contributed by atoms with E-state index in [-0.39, 0.29) is 6.04 Å². The van der Waals surface area contributed by atoms with Gasteiger partial charge < -0.3 is 4.90 Å². The Kier molecular flexibility index (Phi) is 4.63. The van der Waals surface area contributed by atoms with Gasteiger partial charge in [0, 0.05) is 18.3 Å². The topological polar surface area (TPSA) is 61.8 Å². The molecule has 1 N–H and O–H groups in total. The van der Waals surface area contributed by atoms with E-state index in [4.69, 9.17) is 0 Å². The van der Waals surface area contributed by atoms with Gasteiger partial charge in [-0.25, -0.2) is 0 Å². The van der Waals surface area contributed by atoms with Crippen LogP contribution in [-0.4, -0.2) is 46.8 Å². The number of carbonyl (C=O) groups excluding carboxylic acids is 2. The lowest BCUT2D eigenvalue weighted by Crippen LogP contribution is -2.50. The SMILES string of the molecule is CCC1CCCCN1C(=O)C(=O)NC1=NCCS1. The first-order valence-corrected chi connectivity index (χ1v) is 7.50. The molecule has 0 bridgehead atoms. The summed E-state index contributed by atoms with van der Waals surface area (Å²) in [6, 6.07) is 0.218. The van der Waals surface area contributed by atoms with Crippen molar-refractivity contribution in [3.63, 3.8) is 0 Å². The summed E-state index contributed by atoms with van der Waals surface area (Å²) >= 11 is 1.49. The van der Waals surface area contributed by atoms with Gasteiger partial charge in [-0.2, -0.15) is 0 Å². The first-order valence-electron chi connectivity index (χ1n) is 6.51. The molecule has 1 saturated heterocycles. The molecule has 0 spiro atoms. The van der Waals surface area contributed by atoms with Gasteiger partial charge in [-0.3, -0.25) is 19.9 Å². The molecule has 100 valence electrons. The Labute approximate surface area is 111 Å². The third-order valence-corrected chi connectivity index (χ3v) is 4.25. The van der Waals surface area contributed by atoms with Crippen molar-refractivity contribution < 1.29 is 9.59 Å². The highest BCUT2D eigenvalue weighted by atomic mass is 32.2. The molecule has 2 aliphatic rings. The zero-order chi connectivity index (χ0) is 13.0. The lowest BCUT2D eigenvalue weighted by Gasteiger charge is -2.34. The Balaban J connectivity index is 1.94. The van der Waals surface area contributed by atoms with Crippen LogP contribution in [0.3, 0.4) is 0 Å². The molecule has 1 fully saturated rings. The van der Waals surface area contributed by atoms with Gasteiger partial charge in [0.05, 0.1) is 6.54 Å². The van der Waals surface area contributed by atoms with Crippen molar-refractivity contribution in [1.29, 1.82) is 0 Å². The number of carbonyl (C=O) groups is 2. The van der Waals surface area contributed by atoms with Crippen LogP contribution in [0.15, 0.2) is 4.99 Å². The summed E-state index contributed by atoms with van der Waals surface area (Å²) in [5, 5.41) is 3.19. The van der Waals surface area contributed by atoms with E-state index in [2.05, 4.69) is 17.2 Å². The van der Waals surface area contributed by atoms with Crippen molar-refractivity contribution in [2.45, 2.75) is 38.6 Å². The number of amidine groups is 1. The van der Waals surface area contributed by atoms with Gasteiger partial charge in [0.15, 0.2) is 5.17 Å². The van der Waals surface area contributed by atoms with Crippen LogP contribution in [-0.2, 0) is 9.59 Å². The Morgan fingerprint density at radius 3 is 3.00 bits per heavy atom. The molecule has 0 aromatic heterocycles. The molecule has 6 heteroatoms. The third-order valence-electron chi connectivity index (χ3n) is 3.36. The van der Waals surface area contributed by atoms with Gasteiger partial charge in [-0.1, -0.05) is 18.7 Å². The first-order chi connectivity index (χ1) is 8.72. The fraction of sp³-hybridized carbons (Fsp3) is 0.750. The van der Waals surface area contributed by atoms with Crippen molar-refractivity contribution in [3.8, 4) is 0 Å². The number of nitrogens with one attached hydrogen (secondary N) is 1. The average molecular weight is 269 g/mol. The minimum atomic E-state index is -0.538. The summed E-state index contributed by atoms with van der Waals surface area (Å²) in [6.07, 6.45) is 4.05. The summed E-state index contributed by atoms with van der Waals surface area (Å²) in [5.74, 6) is -0.0642. The molecule has 0 aromatic rings. The second kappa shape index (κ2) is 6.22. The van der Waals surface area contributed by atoms with Crippen LogP contribution in [0.2, 0.25) is 0 Å². The van der Waals surface area contributed by atoms with Crippen molar-refractivity contribution in [2.24, 2.45) is 4.99 Å². The van der Waals surface area contributed by atoms with E-state index < -0.39 is 11.8 Å². The van der Waals surface area contributed by atoms with Gasteiger partial charge in [-0.05, 0) is 25.7 Å². The van der Waals surface area contributed by atoms with Crippen LogP contribution in [0.4, 0.5) is 0 Å². The third kappa shape index (κ3) is 3.04. The van der Waals surface area contributed by atoms with E-state index in [1.165, 1.54) is 11.8 Å². The molecular weight excluding hydrogens is 250 g/mol. The molecular formula is C12H19N3O2S. The minimum Gasteiger partial charge on any atom is -0.331 e. The molecule has 2 rings (SSSR count). The molecule has 1 unspecified atom stereocenters. The molecule has 2 amide bonds. The monoisotopic (exact) mass is 269 g/mol. The van der Waals surface area contributed by atoms with E-state index >= 15 is 0 Å². The number of piperidine rings is 1. The molecule has 0 aliphatic carbocycles. The van der Waals surface area contributed by atoms with Gasteiger partial charge in [0.25, 0.3) is 0 Å². The van der Waals surface area contributed by atoms with E-state index in [9.17, 15) is 9.59 Å². The van der Waals surface area contributed by atoms with Gasteiger partial charge in [0.1, 0.15) is 0 Å². The fourth-order valence-corrected chi connectivity index (χ4v) is 3.11. The summed E-state index contributed by atoms with van der Waals surface area (Å²) in [6.45, 7) is 3.48. The van der Waals surface area contributed by atoms with Gasteiger partial charge >= 0.3 is 11.8 Å². The standard InChI is InChI=1S/C12H19N3O2S/c1-2-9-5-3-4-7-15(9)11(17)10(16)14-12-13-6-8-18-12/h9H,2-8H2,1H3,(H,13,14,16). The summed E-state index contributed by atoms with van der Waals surface area (Å²) < 4.78 is 0. The van der Waals surface area contributed by atoms with Crippen LogP contribution in [0.5, 0.6) is 0 Å². The number of hydrogen-bond donors (Lipinski definition) is 1. The summed E-state index contributed by atoms with van der Waals surface area (Å²) in [4.78, 5) is 29.8. The van der Waals surface area contributed by atoms with E-state index in [1.807, 2.05) is 0 Å². The second-order valence-corrected chi connectivity index (χ2v) is 5.63. The number of hydrogen-bond acceptors (Lipinski definition) is 4. The van der Waals surface area contributed by atoms with Crippen LogP contribution in [0.25, 0.3) is 0 Å². The first kappa shape index (κ1) is 13.4. The summed E-state index contributed by atoms with van der Waals surface area (Å²) in [7, 11) is 0. The Morgan fingerprint density at radius 1 is 1.50 bits per heavy atom. The molecule has 0 radical (unpaired) electrons. The van der Waals surface area contributed by atoms with Gasteiger partial charge in [0.2, 0.25) is 0 Å². The fourth-order valence-electron chi connectivity index (χ4n) is 2.38. The second-order valence-electron chi connectivity index (χ2n) is 4.55. The van der Waals surface area contributed by atoms with Crippen molar-refractivity contribution in [1.82, 2.24) is 10.2 Å².